The van der Waals surface area contributed by atoms with E-state index in [9.17, 15) is 13.6 Å². The van der Waals surface area contributed by atoms with E-state index in [1.807, 2.05) is 0 Å². The van der Waals surface area contributed by atoms with Crippen LogP contribution in [0.5, 0.6) is 11.5 Å². The third kappa shape index (κ3) is 6.66. The number of nitrogens with zero attached hydrogens (tertiary/aromatic N) is 1. The van der Waals surface area contributed by atoms with Crippen LogP contribution in [0.1, 0.15) is 25.8 Å². The van der Waals surface area contributed by atoms with Gasteiger partial charge in [-0.2, -0.15) is 0 Å². The first-order valence-electron chi connectivity index (χ1n) is 10.7. The van der Waals surface area contributed by atoms with Gasteiger partial charge in [0, 0.05) is 25.0 Å². The number of carbonyl (C=O) groups excluding carboxylic acids is 1. The van der Waals surface area contributed by atoms with E-state index in [0.29, 0.717) is 43.5 Å². The molecular formula is C24H30F2N2O3. The molecule has 0 unspecified atom stereocenters. The monoisotopic (exact) mass is 432 g/mol. The molecule has 2 atom stereocenters. The van der Waals surface area contributed by atoms with Gasteiger partial charge < -0.3 is 19.7 Å². The Labute approximate surface area is 182 Å². The largest absolute Gasteiger partial charge is 0.493 e. The van der Waals surface area contributed by atoms with Gasteiger partial charge in [-0.05, 0) is 60.8 Å². The van der Waals surface area contributed by atoms with Crippen molar-refractivity contribution in [1.29, 1.82) is 0 Å². The summed E-state index contributed by atoms with van der Waals surface area (Å²) in [6.45, 7) is 5.61. The van der Waals surface area contributed by atoms with E-state index in [4.69, 9.17) is 9.47 Å². The zero-order chi connectivity index (χ0) is 22.2. The average molecular weight is 433 g/mol. The van der Waals surface area contributed by atoms with E-state index in [-0.39, 0.29) is 24.3 Å². The number of halogens is 2. The number of carbonyl (C=O) groups is 1. The van der Waals surface area contributed by atoms with Crippen LogP contribution in [-0.2, 0) is 6.54 Å². The topological polar surface area (TPSA) is 50.8 Å². The molecule has 2 aromatic carbocycles. The van der Waals surface area contributed by atoms with Crippen molar-refractivity contribution in [2.45, 2.75) is 32.9 Å². The Morgan fingerprint density at radius 2 is 1.81 bits per heavy atom. The molecule has 0 aromatic heterocycles. The number of nitrogens with one attached hydrogen (secondary N) is 1. The summed E-state index contributed by atoms with van der Waals surface area (Å²) in [5, 5.41) is 3.17. The number of rotatable bonds is 8. The predicted molar refractivity (Wildman–Crippen MR) is 115 cm³/mol. The highest BCUT2D eigenvalue weighted by molar-refractivity contribution is 5.71. The van der Waals surface area contributed by atoms with Crippen LogP contribution in [-0.4, -0.2) is 43.4 Å². The number of amides is 1. The number of hydrogen-bond donors (Lipinski definition) is 1. The molecule has 0 bridgehead atoms. The molecule has 7 heteroatoms. The van der Waals surface area contributed by atoms with Gasteiger partial charge in [0.15, 0.2) is 0 Å². The number of hydrogen-bond acceptors (Lipinski definition) is 4. The molecule has 168 valence electrons. The maximum Gasteiger partial charge on any atom is 0.415 e. The fraction of sp³-hybridized carbons (Fsp3) is 0.458. The Kier molecular flexibility index (Phi) is 8.23. The zero-order valence-corrected chi connectivity index (χ0v) is 18.0. The average Bonchev–Trinajstić information content (AvgIpc) is 2.78. The van der Waals surface area contributed by atoms with Crippen LogP contribution >= 0.6 is 0 Å². The highest BCUT2D eigenvalue weighted by Crippen LogP contribution is 2.24. The van der Waals surface area contributed by atoms with E-state index < -0.39 is 12.8 Å². The van der Waals surface area contributed by atoms with Crippen LogP contribution in [0.4, 0.5) is 13.6 Å². The minimum Gasteiger partial charge on any atom is -0.493 e. The molecule has 3 rings (SSSR count). The molecule has 31 heavy (non-hydrogen) atoms. The molecule has 0 saturated carbocycles. The van der Waals surface area contributed by atoms with E-state index in [2.05, 4.69) is 19.2 Å². The van der Waals surface area contributed by atoms with Gasteiger partial charge in [0.05, 0.1) is 13.3 Å². The first-order chi connectivity index (χ1) is 15.0. The van der Waals surface area contributed by atoms with Crippen LogP contribution in [0, 0.1) is 17.7 Å². The molecule has 1 N–H and O–H groups in total. The lowest BCUT2D eigenvalue weighted by molar-refractivity contribution is 0.0823. The quantitative estimate of drug-likeness (QED) is 0.651. The maximum absolute atomic E-state index is 13.7. The summed E-state index contributed by atoms with van der Waals surface area (Å²) in [6, 6.07) is 12.5. The first-order valence-corrected chi connectivity index (χ1v) is 10.7. The molecule has 1 heterocycles. The lowest BCUT2D eigenvalue weighted by Crippen LogP contribution is -2.52. The lowest BCUT2D eigenvalue weighted by atomic mass is 9.93. The van der Waals surface area contributed by atoms with Gasteiger partial charge in [-0.15, -0.1) is 0 Å². The minimum atomic E-state index is -0.550. The van der Waals surface area contributed by atoms with Crippen molar-refractivity contribution < 1.29 is 23.0 Å². The second kappa shape index (κ2) is 11.1. The van der Waals surface area contributed by atoms with E-state index in [1.165, 1.54) is 12.1 Å². The van der Waals surface area contributed by atoms with Crippen molar-refractivity contribution in [1.82, 2.24) is 10.2 Å². The van der Waals surface area contributed by atoms with Crippen molar-refractivity contribution in [2.75, 3.05) is 26.4 Å². The maximum atomic E-state index is 13.7. The molecule has 0 spiro atoms. The number of alkyl halides is 1. The van der Waals surface area contributed by atoms with Crippen molar-refractivity contribution in [3.63, 3.8) is 0 Å². The normalized spacial score (nSPS) is 18.6. The van der Waals surface area contributed by atoms with Gasteiger partial charge in [0.1, 0.15) is 17.3 Å². The molecule has 1 amide bonds. The summed E-state index contributed by atoms with van der Waals surface area (Å²) in [5.74, 6) is 0.824. The molecule has 1 saturated heterocycles. The lowest BCUT2D eigenvalue weighted by Gasteiger charge is -2.38. The standard InChI is InChI=1S/C24H30F2N2O3/c1-17(2)16-30-21-7-9-22(10-8-21)31-24(29)28(15-18-3-5-20(26)6-4-18)23-11-12-27-14-19(23)13-25/h3-10,17,19,23,27H,11-16H2,1-2H3/t19-,23+/m1/s1. The molecule has 0 radical (unpaired) electrons. The number of ether oxygens (including phenoxy) is 2. The van der Waals surface area contributed by atoms with Gasteiger partial charge in [-0.1, -0.05) is 26.0 Å². The molecule has 0 aliphatic carbocycles. The van der Waals surface area contributed by atoms with Crippen LogP contribution in [0.25, 0.3) is 0 Å². The zero-order valence-electron chi connectivity index (χ0n) is 18.0. The van der Waals surface area contributed by atoms with Crippen LogP contribution < -0.4 is 14.8 Å². The van der Waals surface area contributed by atoms with Crippen molar-refractivity contribution >= 4 is 6.09 Å². The fourth-order valence-electron chi connectivity index (χ4n) is 3.61. The van der Waals surface area contributed by atoms with Gasteiger partial charge in [-0.3, -0.25) is 4.39 Å². The Morgan fingerprint density at radius 1 is 1.13 bits per heavy atom. The van der Waals surface area contributed by atoms with Gasteiger partial charge in [0.2, 0.25) is 0 Å². The van der Waals surface area contributed by atoms with Crippen molar-refractivity contribution in [3.05, 3.63) is 59.9 Å². The molecule has 1 aliphatic rings. The van der Waals surface area contributed by atoms with Crippen LogP contribution in [0.15, 0.2) is 48.5 Å². The van der Waals surface area contributed by atoms with E-state index >= 15 is 0 Å². The van der Waals surface area contributed by atoms with Gasteiger partial charge >= 0.3 is 6.09 Å². The van der Waals surface area contributed by atoms with E-state index in [0.717, 1.165) is 5.56 Å². The molecular weight excluding hydrogens is 402 g/mol. The summed E-state index contributed by atoms with van der Waals surface area (Å²) < 4.78 is 38.2. The minimum absolute atomic E-state index is 0.218. The summed E-state index contributed by atoms with van der Waals surface area (Å²) in [5.41, 5.74) is 0.756. The van der Waals surface area contributed by atoms with Gasteiger partial charge in [-0.25, -0.2) is 9.18 Å². The molecule has 1 aliphatic heterocycles. The van der Waals surface area contributed by atoms with Crippen LogP contribution in [0.3, 0.4) is 0 Å². The predicted octanol–water partition coefficient (Wildman–Crippen LogP) is 4.81. The second-order valence-corrected chi connectivity index (χ2v) is 8.27. The van der Waals surface area contributed by atoms with E-state index in [1.54, 1.807) is 41.3 Å². The third-order valence-corrected chi connectivity index (χ3v) is 5.28. The highest BCUT2D eigenvalue weighted by Gasteiger charge is 2.34. The fourth-order valence-corrected chi connectivity index (χ4v) is 3.61. The second-order valence-electron chi connectivity index (χ2n) is 8.27. The first kappa shape index (κ1) is 23.0. The Morgan fingerprint density at radius 3 is 2.45 bits per heavy atom. The smallest absolute Gasteiger partial charge is 0.415 e. The highest BCUT2D eigenvalue weighted by atomic mass is 19.1. The Bertz CT molecular complexity index is 828. The number of piperidine rings is 1. The molecule has 5 nitrogen and oxygen atoms in total. The van der Waals surface area contributed by atoms with Gasteiger partial charge in [0.25, 0.3) is 0 Å². The SMILES string of the molecule is CC(C)COc1ccc(OC(=O)N(Cc2ccc(F)cc2)[C@H]2CCNC[C@H]2CF)cc1. The Balaban J connectivity index is 1.74. The van der Waals surface area contributed by atoms with Crippen molar-refractivity contribution in [2.24, 2.45) is 11.8 Å². The Hall–Kier alpha value is -2.67. The third-order valence-electron chi connectivity index (χ3n) is 5.28. The summed E-state index contributed by atoms with van der Waals surface area (Å²) in [4.78, 5) is 14.7. The summed E-state index contributed by atoms with van der Waals surface area (Å²) in [6.07, 6.45) is 0.0675. The summed E-state index contributed by atoms with van der Waals surface area (Å²) >= 11 is 0. The van der Waals surface area contributed by atoms with Crippen LogP contribution in [0.2, 0.25) is 0 Å². The molecule has 2 aromatic rings. The molecule has 1 fully saturated rings. The van der Waals surface area contributed by atoms with Crippen molar-refractivity contribution in [3.8, 4) is 11.5 Å². The number of benzene rings is 2. The summed E-state index contributed by atoms with van der Waals surface area (Å²) in [7, 11) is 0.